The van der Waals surface area contributed by atoms with Crippen molar-refractivity contribution in [3.63, 3.8) is 0 Å². The van der Waals surface area contributed by atoms with Gasteiger partial charge in [-0.05, 0) is 12.8 Å². The van der Waals surface area contributed by atoms with E-state index < -0.39 is 18.0 Å². The Morgan fingerprint density at radius 1 is 1.35 bits per heavy atom. The number of aliphatic carboxylic acids is 2. The first-order valence-electron chi connectivity index (χ1n) is 5.33. The van der Waals surface area contributed by atoms with Gasteiger partial charge in [0, 0.05) is 13.0 Å². The van der Waals surface area contributed by atoms with Crippen LogP contribution in [0.2, 0.25) is 0 Å². The molecule has 1 amide bonds. The van der Waals surface area contributed by atoms with Gasteiger partial charge in [-0.1, -0.05) is 0 Å². The summed E-state index contributed by atoms with van der Waals surface area (Å²) in [6.07, 6.45) is 0.152. The van der Waals surface area contributed by atoms with Crippen LogP contribution in [-0.4, -0.2) is 47.3 Å². The van der Waals surface area contributed by atoms with Crippen molar-refractivity contribution >= 4 is 17.8 Å². The number of ether oxygens (including phenoxy) is 1. The number of hydrogen-bond acceptors (Lipinski definition) is 4. The molecule has 0 aromatic rings. The van der Waals surface area contributed by atoms with E-state index >= 15 is 0 Å². The van der Waals surface area contributed by atoms with E-state index in [2.05, 4.69) is 5.32 Å². The van der Waals surface area contributed by atoms with E-state index in [0.717, 1.165) is 0 Å². The van der Waals surface area contributed by atoms with Gasteiger partial charge >= 0.3 is 11.9 Å². The van der Waals surface area contributed by atoms with E-state index in [1.807, 2.05) is 0 Å². The minimum absolute atomic E-state index is 0.121. The fourth-order valence-electron chi connectivity index (χ4n) is 1.56. The highest BCUT2D eigenvalue weighted by molar-refractivity contribution is 5.85. The van der Waals surface area contributed by atoms with Gasteiger partial charge < -0.3 is 20.3 Å². The smallest absolute Gasteiger partial charge is 0.326 e. The molecule has 0 aromatic carbocycles. The Morgan fingerprint density at radius 2 is 2.06 bits per heavy atom. The molecular weight excluding hydrogens is 230 g/mol. The molecule has 1 rings (SSSR count). The highest BCUT2D eigenvalue weighted by atomic mass is 16.5. The quantitative estimate of drug-likeness (QED) is 0.579. The summed E-state index contributed by atoms with van der Waals surface area (Å²) in [5.74, 6) is -3.03. The van der Waals surface area contributed by atoms with Gasteiger partial charge in [0.1, 0.15) is 6.04 Å². The number of amides is 1. The zero-order chi connectivity index (χ0) is 12.8. The number of carboxylic acid groups (broad SMARTS) is 2. The molecule has 0 radical (unpaired) electrons. The average molecular weight is 245 g/mol. The molecule has 1 aliphatic heterocycles. The Morgan fingerprint density at radius 3 is 2.53 bits per heavy atom. The predicted molar refractivity (Wildman–Crippen MR) is 55.4 cm³/mol. The van der Waals surface area contributed by atoms with Crippen molar-refractivity contribution in [1.82, 2.24) is 5.32 Å². The molecule has 1 aliphatic rings. The summed E-state index contributed by atoms with van der Waals surface area (Å²) in [6, 6.07) is -1.15. The lowest BCUT2D eigenvalue weighted by molar-refractivity contribution is -0.143. The molecule has 1 fully saturated rings. The molecule has 7 nitrogen and oxygen atoms in total. The summed E-state index contributed by atoms with van der Waals surface area (Å²) in [7, 11) is 0. The van der Waals surface area contributed by atoms with Crippen molar-refractivity contribution in [2.75, 3.05) is 13.2 Å². The molecule has 7 heteroatoms. The molecule has 2 atom stereocenters. The molecule has 17 heavy (non-hydrogen) atoms. The van der Waals surface area contributed by atoms with Gasteiger partial charge in [0.05, 0.1) is 12.5 Å². The van der Waals surface area contributed by atoms with E-state index in [-0.39, 0.29) is 31.3 Å². The second kappa shape index (κ2) is 6.19. The molecule has 1 heterocycles. The molecule has 0 unspecified atom stereocenters. The summed E-state index contributed by atoms with van der Waals surface area (Å²) in [5.41, 5.74) is 0. The third-order valence-electron chi connectivity index (χ3n) is 2.56. The first-order chi connectivity index (χ1) is 8.00. The molecule has 1 saturated heterocycles. The van der Waals surface area contributed by atoms with Crippen molar-refractivity contribution in [3.8, 4) is 0 Å². The van der Waals surface area contributed by atoms with Crippen molar-refractivity contribution in [2.24, 2.45) is 5.92 Å². The lowest BCUT2D eigenvalue weighted by Gasteiger charge is -2.15. The van der Waals surface area contributed by atoms with Crippen LogP contribution in [-0.2, 0) is 19.1 Å². The number of carbonyl (C=O) groups is 3. The zero-order valence-electron chi connectivity index (χ0n) is 9.22. The Kier molecular flexibility index (Phi) is 4.89. The first kappa shape index (κ1) is 13.4. The zero-order valence-corrected chi connectivity index (χ0v) is 9.22. The Labute approximate surface area is 97.8 Å². The minimum Gasteiger partial charge on any atom is -0.481 e. The number of carboxylic acids is 2. The van der Waals surface area contributed by atoms with Crippen LogP contribution < -0.4 is 5.32 Å². The maximum atomic E-state index is 11.6. The molecule has 0 aromatic heterocycles. The molecule has 3 N–H and O–H groups in total. The number of rotatable bonds is 6. The Bertz CT molecular complexity index is 310. The highest BCUT2D eigenvalue weighted by Gasteiger charge is 2.28. The minimum atomic E-state index is -1.22. The van der Waals surface area contributed by atoms with Crippen molar-refractivity contribution in [3.05, 3.63) is 0 Å². The van der Waals surface area contributed by atoms with Crippen LogP contribution in [0.25, 0.3) is 0 Å². The van der Waals surface area contributed by atoms with Gasteiger partial charge in [-0.15, -0.1) is 0 Å². The normalized spacial score (nSPS) is 20.8. The fraction of sp³-hybridized carbons (Fsp3) is 0.700. The Balaban J connectivity index is 2.44. The summed E-state index contributed by atoms with van der Waals surface area (Å²) < 4.78 is 5.02. The topological polar surface area (TPSA) is 113 Å². The maximum absolute atomic E-state index is 11.6. The van der Waals surface area contributed by atoms with Crippen LogP contribution in [0, 0.1) is 5.92 Å². The van der Waals surface area contributed by atoms with Crippen LogP contribution in [0.4, 0.5) is 0 Å². The van der Waals surface area contributed by atoms with E-state index in [1.54, 1.807) is 0 Å². The number of hydrogen-bond donors (Lipinski definition) is 3. The SMILES string of the molecule is O=C(O)CC[C@@H](NC(=O)[C@@H]1CCOC1)C(=O)O. The van der Waals surface area contributed by atoms with Crippen LogP contribution in [0.1, 0.15) is 19.3 Å². The van der Waals surface area contributed by atoms with Gasteiger partial charge in [-0.3, -0.25) is 9.59 Å². The highest BCUT2D eigenvalue weighted by Crippen LogP contribution is 2.12. The van der Waals surface area contributed by atoms with Crippen molar-refractivity contribution in [2.45, 2.75) is 25.3 Å². The molecule has 0 aliphatic carbocycles. The van der Waals surface area contributed by atoms with E-state index in [9.17, 15) is 14.4 Å². The van der Waals surface area contributed by atoms with Gasteiger partial charge in [0.25, 0.3) is 0 Å². The molecule has 0 spiro atoms. The third kappa shape index (κ3) is 4.39. The lowest BCUT2D eigenvalue weighted by atomic mass is 10.1. The van der Waals surface area contributed by atoms with E-state index in [0.29, 0.717) is 13.0 Å². The Hall–Kier alpha value is -1.63. The van der Waals surface area contributed by atoms with Gasteiger partial charge in [-0.2, -0.15) is 0 Å². The van der Waals surface area contributed by atoms with Crippen LogP contribution in [0.5, 0.6) is 0 Å². The second-order valence-electron chi connectivity index (χ2n) is 3.89. The largest absolute Gasteiger partial charge is 0.481 e. The monoisotopic (exact) mass is 245 g/mol. The van der Waals surface area contributed by atoms with E-state index in [1.165, 1.54) is 0 Å². The summed E-state index contributed by atoms with van der Waals surface area (Å²) in [6.45, 7) is 0.780. The predicted octanol–water partition coefficient (Wildman–Crippen LogP) is -0.543. The first-order valence-corrected chi connectivity index (χ1v) is 5.33. The molecule has 0 bridgehead atoms. The lowest BCUT2D eigenvalue weighted by Crippen LogP contribution is -2.44. The maximum Gasteiger partial charge on any atom is 0.326 e. The van der Waals surface area contributed by atoms with Gasteiger partial charge in [0.2, 0.25) is 5.91 Å². The summed E-state index contributed by atoms with van der Waals surface area (Å²) >= 11 is 0. The van der Waals surface area contributed by atoms with Crippen LogP contribution in [0.15, 0.2) is 0 Å². The van der Waals surface area contributed by atoms with E-state index in [4.69, 9.17) is 14.9 Å². The van der Waals surface area contributed by atoms with Gasteiger partial charge in [-0.25, -0.2) is 4.79 Å². The molecule has 96 valence electrons. The van der Waals surface area contributed by atoms with Crippen LogP contribution in [0.3, 0.4) is 0 Å². The van der Waals surface area contributed by atoms with Crippen molar-refractivity contribution in [1.29, 1.82) is 0 Å². The summed E-state index contributed by atoms with van der Waals surface area (Å²) in [4.78, 5) is 32.8. The molecular formula is C10H15NO6. The van der Waals surface area contributed by atoms with Gasteiger partial charge in [0.15, 0.2) is 0 Å². The van der Waals surface area contributed by atoms with Crippen molar-refractivity contribution < 1.29 is 29.3 Å². The standard InChI is InChI=1S/C10H15NO6/c12-8(13)2-1-7(10(15)16)11-9(14)6-3-4-17-5-6/h6-7H,1-5H2,(H,11,14)(H,12,13)(H,15,16)/t6-,7-/m1/s1. The molecule has 0 saturated carbocycles. The van der Waals surface area contributed by atoms with Crippen LogP contribution >= 0.6 is 0 Å². The second-order valence-corrected chi connectivity index (χ2v) is 3.89. The fourth-order valence-corrected chi connectivity index (χ4v) is 1.56. The average Bonchev–Trinajstić information content (AvgIpc) is 2.76. The number of carbonyl (C=O) groups excluding carboxylic acids is 1. The third-order valence-corrected chi connectivity index (χ3v) is 2.56. The summed E-state index contributed by atoms with van der Waals surface area (Å²) in [5, 5.41) is 19.6. The number of nitrogens with one attached hydrogen (secondary N) is 1.